The van der Waals surface area contributed by atoms with Crippen LogP contribution in [0.3, 0.4) is 0 Å². The van der Waals surface area contributed by atoms with Crippen molar-refractivity contribution in [1.29, 1.82) is 0 Å². The molecule has 1 saturated heterocycles. The van der Waals surface area contributed by atoms with Crippen molar-refractivity contribution in [3.05, 3.63) is 65.5 Å². The number of carbonyl (C=O) groups is 1. The van der Waals surface area contributed by atoms with Crippen molar-refractivity contribution in [2.24, 2.45) is 22.4 Å². The van der Waals surface area contributed by atoms with Crippen LogP contribution < -0.4 is 26.8 Å². The second-order valence-electron chi connectivity index (χ2n) is 7.31. The lowest BCUT2D eigenvalue weighted by Gasteiger charge is -2.32. The summed E-state index contributed by atoms with van der Waals surface area (Å²) in [5.41, 5.74) is 12.2. The van der Waals surface area contributed by atoms with E-state index in [1.54, 1.807) is 24.3 Å². The number of ether oxygens (including phenoxy) is 1. The largest absolute Gasteiger partial charge is 0.493 e. The highest BCUT2D eigenvalue weighted by Crippen LogP contribution is 2.31. The quantitative estimate of drug-likeness (QED) is 0.298. The van der Waals surface area contributed by atoms with Gasteiger partial charge in [-0.2, -0.15) is 0 Å². The molecule has 160 valence electrons. The summed E-state index contributed by atoms with van der Waals surface area (Å²) in [6.07, 6.45) is 0.985. The fourth-order valence-corrected chi connectivity index (χ4v) is 3.61. The van der Waals surface area contributed by atoms with Crippen LogP contribution >= 0.6 is 0 Å². The van der Waals surface area contributed by atoms with E-state index in [2.05, 4.69) is 15.6 Å². The molecule has 1 heterocycles. The van der Waals surface area contributed by atoms with Gasteiger partial charge in [0.1, 0.15) is 11.6 Å². The molecule has 0 saturated carbocycles. The molecule has 1 amide bonds. The molecule has 0 aliphatic carbocycles. The molecule has 2 atom stereocenters. The van der Waals surface area contributed by atoms with Gasteiger partial charge in [-0.15, -0.1) is 0 Å². The molecule has 6 N–H and O–H groups in total. The van der Waals surface area contributed by atoms with E-state index < -0.39 is 0 Å². The summed E-state index contributed by atoms with van der Waals surface area (Å²) >= 11 is 0. The lowest BCUT2D eigenvalue weighted by atomic mass is 9.81. The van der Waals surface area contributed by atoms with E-state index in [-0.39, 0.29) is 23.6 Å². The highest BCUT2D eigenvalue weighted by atomic mass is 19.1. The van der Waals surface area contributed by atoms with Crippen LogP contribution in [0.25, 0.3) is 0 Å². The van der Waals surface area contributed by atoms with Crippen molar-refractivity contribution < 1.29 is 13.9 Å². The molecule has 1 fully saturated rings. The standard InChI is InChI=1S/C22H28FN5O2/c23-18-5-1-15(2-6-18)20-9-10-26-13-17(20)14-30-19-7-3-16(4-8-19)21(29)27-11-12-28-22(24)25/h1-8,17,20,26H,9-14H2,(H,27,29)(H4,24,25,28)/t17-,20-/m0/s1. The summed E-state index contributed by atoms with van der Waals surface area (Å²) < 4.78 is 19.2. The van der Waals surface area contributed by atoms with Crippen LogP contribution in [0.1, 0.15) is 28.3 Å². The predicted molar refractivity (Wildman–Crippen MR) is 115 cm³/mol. The molecule has 2 aromatic carbocycles. The van der Waals surface area contributed by atoms with Gasteiger partial charge in [-0.1, -0.05) is 12.1 Å². The third kappa shape index (κ3) is 6.18. The van der Waals surface area contributed by atoms with Gasteiger partial charge in [0.05, 0.1) is 13.2 Å². The second-order valence-corrected chi connectivity index (χ2v) is 7.31. The van der Waals surface area contributed by atoms with Gasteiger partial charge in [-0.3, -0.25) is 9.79 Å². The Kier molecular flexibility index (Phi) is 7.62. The van der Waals surface area contributed by atoms with Gasteiger partial charge < -0.3 is 26.8 Å². The fraction of sp³-hybridized carbons (Fsp3) is 0.364. The Bertz CT molecular complexity index is 851. The first-order chi connectivity index (χ1) is 14.5. The molecule has 7 nitrogen and oxygen atoms in total. The van der Waals surface area contributed by atoms with Crippen molar-refractivity contribution in [2.45, 2.75) is 12.3 Å². The van der Waals surface area contributed by atoms with Crippen LogP contribution in [0.5, 0.6) is 5.75 Å². The number of rotatable bonds is 8. The van der Waals surface area contributed by atoms with E-state index in [1.165, 1.54) is 12.1 Å². The van der Waals surface area contributed by atoms with Crippen molar-refractivity contribution in [3.63, 3.8) is 0 Å². The minimum absolute atomic E-state index is 0.000540. The molecule has 30 heavy (non-hydrogen) atoms. The number of nitrogens with one attached hydrogen (secondary N) is 2. The summed E-state index contributed by atoms with van der Waals surface area (Å²) in [5, 5.41) is 6.16. The first-order valence-electron chi connectivity index (χ1n) is 10.1. The number of benzene rings is 2. The zero-order valence-electron chi connectivity index (χ0n) is 16.8. The Hall–Kier alpha value is -3.13. The Balaban J connectivity index is 1.52. The van der Waals surface area contributed by atoms with E-state index >= 15 is 0 Å². The highest BCUT2D eigenvalue weighted by Gasteiger charge is 2.27. The van der Waals surface area contributed by atoms with Crippen LogP contribution in [0.15, 0.2) is 53.5 Å². The third-order valence-electron chi connectivity index (χ3n) is 5.18. The molecule has 0 spiro atoms. The normalized spacial score (nSPS) is 18.4. The minimum atomic E-state index is -0.221. The number of hydrogen-bond acceptors (Lipinski definition) is 4. The average molecular weight is 413 g/mol. The predicted octanol–water partition coefficient (Wildman–Crippen LogP) is 1.60. The summed E-state index contributed by atoms with van der Waals surface area (Å²) in [6, 6.07) is 13.8. The van der Waals surface area contributed by atoms with Gasteiger partial charge in [0.15, 0.2) is 5.96 Å². The number of guanidine groups is 1. The van der Waals surface area contributed by atoms with E-state index in [0.717, 1.165) is 25.1 Å². The SMILES string of the molecule is NC(N)=NCCNC(=O)c1ccc(OC[C@@H]2CNCC[C@H]2c2ccc(F)cc2)cc1. The molecular weight excluding hydrogens is 385 g/mol. The molecule has 2 aromatic rings. The zero-order chi connectivity index (χ0) is 21.3. The van der Waals surface area contributed by atoms with Crippen molar-refractivity contribution in [2.75, 3.05) is 32.8 Å². The van der Waals surface area contributed by atoms with E-state index in [4.69, 9.17) is 16.2 Å². The molecule has 3 rings (SSSR count). The molecule has 8 heteroatoms. The molecule has 0 radical (unpaired) electrons. The Morgan fingerprint density at radius 1 is 1.17 bits per heavy atom. The second kappa shape index (κ2) is 10.6. The summed E-state index contributed by atoms with van der Waals surface area (Å²) in [7, 11) is 0. The minimum Gasteiger partial charge on any atom is -0.493 e. The van der Waals surface area contributed by atoms with Gasteiger partial charge in [0.25, 0.3) is 5.91 Å². The first-order valence-corrected chi connectivity index (χ1v) is 10.1. The lowest BCUT2D eigenvalue weighted by Crippen LogP contribution is -2.38. The van der Waals surface area contributed by atoms with Crippen LogP contribution in [0.4, 0.5) is 4.39 Å². The average Bonchev–Trinajstić information content (AvgIpc) is 2.76. The monoisotopic (exact) mass is 413 g/mol. The van der Waals surface area contributed by atoms with Gasteiger partial charge >= 0.3 is 0 Å². The number of hydrogen-bond donors (Lipinski definition) is 4. The summed E-state index contributed by atoms with van der Waals surface area (Å²) in [5.74, 6) is 0.891. The highest BCUT2D eigenvalue weighted by molar-refractivity contribution is 5.94. The number of carbonyl (C=O) groups excluding carboxylic acids is 1. The molecule has 0 aromatic heterocycles. The molecule has 1 aliphatic rings. The van der Waals surface area contributed by atoms with Crippen LogP contribution in [-0.2, 0) is 0 Å². The number of piperidine rings is 1. The Labute approximate surface area is 175 Å². The first kappa shape index (κ1) is 21.6. The molecule has 1 aliphatic heterocycles. The maximum Gasteiger partial charge on any atom is 0.251 e. The lowest BCUT2D eigenvalue weighted by molar-refractivity contribution is 0.0954. The maximum absolute atomic E-state index is 13.2. The van der Waals surface area contributed by atoms with Gasteiger partial charge in [-0.25, -0.2) is 4.39 Å². The third-order valence-corrected chi connectivity index (χ3v) is 5.18. The topological polar surface area (TPSA) is 115 Å². The zero-order valence-corrected chi connectivity index (χ0v) is 16.8. The van der Waals surface area contributed by atoms with Crippen LogP contribution in [-0.4, -0.2) is 44.7 Å². The number of nitrogens with two attached hydrogens (primary N) is 2. The van der Waals surface area contributed by atoms with Crippen molar-refractivity contribution in [3.8, 4) is 5.75 Å². The molecular formula is C22H28FN5O2. The molecule has 0 bridgehead atoms. The van der Waals surface area contributed by atoms with Crippen molar-refractivity contribution >= 4 is 11.9 Å². The number of nitrogens with zero attached hydrogens (tertiary/aromatic N) is 1. The molecule has 0 unspecified atom stereocenters. The van der Waals surface area contributed by atoms with Crippen LogP contribution in [0.2, 0.25) is 0 Å². The fourth-order valence-electron chi connectivity index (χ4n) is 3.61. The van der Waals surface area contributed by atoms with E-state index in [1.807, 2.05) is 12.1 Å². The number of halogens is 1. The number of aliphatic imine (C=N–C) groups is 1. The smallest absolute Gasteiger partial charge is 0.251 e. The maximum atomic E-state index is 13.2. The summed E-state index contributed by atoms with van der Waals surface area (Å²) in [6.45, 7) is 3.01. The van der Waals surface area contributed by atoms with Crippen LogP contribution in [0, 0.1) is 11.7 Å². The Morgan fingerprint density at radius 2 is 1.90 bits per heavy atom. The van der Waals surface area contributed by atoms with Gasteiger partial charge in [-0.05, 0) is 60.8 Å². The Morgan fingerprint density at radius 3 is 2.60 bits per heavy atom. The van der Waals surface area contributed by atoms with Gasteiger partial charge in [0.2, 0.25) is 0 Å². The van der Waals surface area contributed by atoms with E-state index in [0.29, 0.717) is 36.9 Å². The van der Waals surface area contributed by atoms with Crippen molar-refractivity contribution in [1.82, 2.24) is 10.6 Å². The van der Waals surface area contributed by atoms with E-state index in [9.17, 15) is 9.18 Å². The van der Waals surface area contributed by atoms with Gasteiger partial charge in [0, 0.05) is 24.6 Å². The summed E-state index contributed by atoms with van der Waals surface area (Å²) in [4.78, 5) is 16.0. The number of amides is 1.